The molecule has 1 rings (SSSR count). The molecule has 0 radical (unpaired) electrons. The molecule has 5 nitrogen and oxygen atoms in total. The first-order chi connectivity index (χ1) is 6.05. The minimum absolute atomic E-state index is 0.0500. The molecule has 0 atom stereocenters. The molecule has 3 amide bonds. The molecule has 1 aliphatic heterocycles. The molecule has 0 aromatic heterocycles. The van der Waals surface area contributed by atoms with E-state index in [1.54, 1.807) is 0 Å². The lowest BCUT2D eigenvalue weighted by Crippen LogP contribution is -2.61. The lowest BCUT2D eigenvalue weighted by molar-refractivity contribution is -0.128. The van der Waals surface area contributed by atoms with Crippen LogP contribution in [0.5, 0.6) is 0 Å². The number of hydrogen-bond acceptors (Lipinski definition) is 3. The number of carbonyl (C=O) groups is 2. The first-order valence-corrected chi connectivity index (χ1v) is 4.64. The zero-order valence-corrected chi connectivity index (χ0v) is 8.23. The van der Waals surface area contributed by atoms with Crippen molar-refractivity contribution in [3.63, 3.8) is 0 Å². The summed E-state index contributed by atoms with van der Waals surface area (Å²) in [7, 11) is 0. The predicted octanol–water partition coefficient (Wildman–Crippen LogP) is -0.329. The maximum absolute atomic E-state index is 11.2. The number of amides is 3. The fourth-order valence-electron chi connectivity index (χ4n) is 1.03. The van der Waals surface area contributed by atoms with Gasteiger partial charge in [-0.25, -0.2) is 9.69 Å². The van der Waals surface area contributed by atoms with Gasteiger partial charge in [0.1, 0.15) is 5.66 Å². The highest BCUT2D eigenvalue weighted by atomic mass is 35.5. The third kappa shape index (κ3) is 1.72. The van der Waals surface area contributed by atoms with Gasteiger partial charge in [-0.3, -0.25) is 4.79 Å². The zero-order valence-electron chi connectivity index (χ0n) is 6.72. The van der Waals surface area contributed by atoms with E-state index in [0.29, 0.717) is 0 Å². The van der Waals surface area contributed by atoms with E-state index in [1.165, 1.54) is 0 Å². The molecule has 3 N–H and O–H groups in total. The van der Waals surface area contributed by atoms with Crippen LogP contribution in [-0.2, 0) is 4.79 Å². The fourth-order valence-corrected chi connectivity index (χ4v) is 1.55. The van der Waals surface area contributed by atoms with Crippen LogP contribution in [0.15, 0.2) is 0 Å². The van der Waals surface area contributed by atoms with Gasteiger partial charge < -0.3 is 11.1 Å². The fraction of sp³-hybridized carbons (Fsp3) is 0.667. The molecule has 13 heavy (non-hydrogen) atoms. The van der Waals surface area contributed by atoms with Crippen molar-refractivity contribution in [3.8, 4) is 0 Å². The van der Waals surface area contributed by atoms with Crippen molar-refractivity contribution in [3.05, 3.63) is 0 Å². The van der Waals surface area contributed by atoms with E-state index < -0.39 is 17.6 Å². The molecule has 0 bridgehead atoms. The Bertz CT molecular complexity index is 226. The highest BCUT2D eigenvalue weighted by Gasteiger charge is 2.43. The maximum atomic E-state index is 11.2. The largest absolute Gasteiger partial charge is 0.328 e. The van der Waals surface area contributed by atoms with Crippen molar-refractivity contribution >= 4 is 35.1 Å². The molecule has 1 fully saturated rings. The zero-order chi connectivity index (χ0) is 10.1. The Morgan fingerprint density at radius 3 is 2.31 bits per heavy atom. The third-order valence-corrected chi connectivity index (χ3v) is 2.68. The third-order valence-electron chi connectivity index (χ3n) is 1.75. The van der Waals surface area contributed by atoms with E-state index in [9.17, 15) is 9.59 Å². The Labute approximate surface area is 85.1 Å². The molecule has 7 heteroatoms. The average molecular weight is 226 g/mol. The lowest BCUT2D eigenvalue weighted by atomic mass is 10.2. The van der Waals surface area contributed by atoms with E-state index in [2.05, 4.69) is 5.32 Å². The number of nitrogens with one attached hydrogen (secondary N) is 1. The Balaban J connectivity index is 2.90. The van der Waals surface area contributed by atoms with Gasteiger partial charge in [-0.2, -0.15) is 0 Å². The second-order valence-corrected chi connectivity index (χ2v) is 3.29. The molecule has 74 valence electrons. The molecule has 0 aromatic carbocycles. The number of rotatable bonds is 3. The van der Waals surface area contributed by atoms with Crippen molar-refractivity contribution < 1.29 is 9.59 Å². The first kappa shape index (κ1) is 10.6. The van der Waals surface area contributed by atoms with Gasteiger partial charge in [0.25, 0.3) is 5.91 Å². The summed E-state index contributed by atoms with van der Waals surface area (Å²) in [5.41, 5.74) is 4.37. The van der Waals surface area contributed by atoms with Gasteiger partial charge >= 0.3 is 6.03 Å². The molecular formula is C6H9Cl2N3O2. The van der Waals surface area contributed by atoms with E-state index in [-0.39, 0.29) is 18.3 Å². The Morgan fingerprint density at radius 1 is 1.46 bits per heavy atom. The van der Waals surface area contributed by atoms with Crippen molar-refractivity contribution in [1.82, 2.24) is 10.2 Å². The summed E-state index contributed by atoms with van der Waals surface area (Å²) in [4.78, 5) is 23.2. The van der Waals surface area contributed by atoms with Gasteiger partial charge in [0.05, 0.1) is 18.3 Å². The number of imide groups is 1. The molecule has 0 aromatic rings. The lowest BCUT2D eigenvalue weighted by Gasteiger charge is -2.32. The molecule has 1 heterocycles. The Hall–Kier alpha value is -0.520. The minimum Gasteiger partial charge on any atom is -0.328 e. The van der Waals surface area contributed by atoms with Gasteiger partial charge in [-0.1, -0.05) is 0 Å². The Morgan fingerprint density at radius 2 is 2.00 bits per heavy atom. The van der Waals surface area contributed by atoms with E-state index in [4.69, 9.17) is 28.9 Å². The van der Waals surface area contributed by atoms with Crippen LogP contribution < -0.4 is 11.1 Å². The summed E-state index contributed by atoms with van der Waals surface area (Å²) in [6.07, 6.45) is 0. The number of urea groups is 1. The van der Waals surface area contributed by atoms with Gasteiger partial charge in [0.15, 0.2) is 0 Å². The van der Waals surface area contributed by atoms with Crippen molar-refractivity contribution in [1.29, 1.82) is 0 Å². The summed E-state index contributed by atoms with van der Waals surface area (Å²) in [6, 6.07) is -0.547. The number of carbonyl (C=O) groups excluding carboxylic acids is 2. The number of nitrogens with zero attached hydrogens (tertiary/aromatic N) is 1. The van der Waals surface area contributed by atoms with Crippen LogP contribution in [0.3, 0.4) is 0 Å². The van der Waals surface area contributed by atoms with Gasteiger partial charge in [0.2, 0.25) is 0 Å². The average Bonchev–Trinajstić information content (AvgIpc) is 2.46. The number of nitrogens with two attached hydrogens (primary N) is 1. The summed E-state index contributed by atoms with van der Waals surface area (Å²) in [5.74, 6) is -0.584. The standard InChI is InChI=1S/C6H9Cl2N3O2/c7-2-6(9,3-8)11-4(12)1-10-5(11)13/h1-3,9H2,(H,10,13). The maximum Gasteiger partial charge on any atom is 0.326 e. The van der Waals surface area contributed by atoms with Crippen LogP contribution in [0.1, 0.15) is 0 Å². The van der Waals surface area contributed by atoms with Crippen molar-refractivity contribution in [2.75, 3.05) is 18.3 Å². The van der Waals surface area contributed by atoms with Crippen molar-refractivity contribution in [2.45, 2.75) is 5.66 Å². The highest BCUT2D eigenvalue weighted by molar-refractivity contribution is 6.22. The van der Waals surface area contributed by atoms with E-state index in [1.807, 2.05) is 0 Å². The predicted molar refractivity (Wildman–Crippen MR) is 48.6 cm³/mol. The Kier molecular flexibility index (Phi) is 3.00. The van der Waals surface area contributed by atoms with Gasteiger partial charge in [-0.15, -0.1) is 23.2 Å². The van der Waals surface area contributed by atoms with Crippen LogP contribution in [0.25, 0.3) is 0 Å². The monoisotopic (exact) mass is 225 g/mol. The SMILES string of the molecule is NC(CCl)(CCl)N1C(=O)CNC1=O. The van der Waals surface area contributed by atoms with Crippen LogP contribution >= 0.6 is 23.2 Å². The molecule has 0 unspecified atom stereocenters. The molecular weight excluding hydrogens is 217 g/mol. The van der Waals surface area contributed by atoms with Crippen LogP contribution in [0, 0.1) is 0 Å². The molecule has 0 spiro atoms. The van der Waals surface area contributed by atoms with E-state index in [0.717, 1.165) is 4.90 Å². The number of hydrogen-bond donors (Lipinski definition) is 2. The first-order valence-electron chi connectivity index (χ1n) is 3.57. The molecule has 0 aliphatic carbocycles. The normalized spacial score (nSPS) is 17.9. The molecule has 1 aliphatic rings. The van der Waals surface area contributed by atoms with Crippen molar-refractivity contribution in [2.24, 2.45) is 5.73 Å². The highest BCUT2D eigenvalue weighted by Crippen LogP contribution is 2.16. The quantitative estimate of drug-likeness (QED) is 0.511. The molecule has 0 saturated carbocycles. The van der Waals surface area contributed by atoms with Gasteiger partial charge in [0, 0.05) is 0 Å². The smallest absolute Gasteiger partial charge is 0.326 e. The van der Waals surface area contributed by atoms with Crippen LogP contribution in [0.4, 0.5) is 4.79 Å². The summed E-state index contributed by atoms with van der Waals surface area (Å²) < 4.78 is 0. The number of alkyl halides is 2. The van der Waals surface area contributed by atoms with Crippen LogP contribution in [-0.4, -0.2) is 40.8 Å². The van der Waals surface area contributed by atoms with Crippen LogP contribution in [0.2, 0.25) is 0 Å². The second kappa shape index (κ2) is 3.69. The topological polar surface area (TPSA) is 75.4 Å². The second-order valence-electron chi connectivity index (χ2n) is 2.76. The minimum atomic E-state index is -1.29. The molecule has 1 saturated heterocycles. The summed E-state index contributed by atoms with van der Waals surface area (Å²) in [6.45, 7) is -0.0500. The van der Waals surface area contributed by atoms with Gasteiger partial charge in [-0.05, 0) is 0 Å². The number of halogens is 2. The summed E-state index contributed by atoms with van der Waals surface area (Å²) in [5, 5.41) is 2.33. The summed E-state index contributed by atoms with van der Waals surface area (Å²) >= 11 is 11.1. The van der Waals surface area contributed by atoms with E-state index >= 15 is 0 Å².